The third-order valence-corrected chi connectivity index (χ3v) is 5.02. The summed E-state index contributed by atoms with van der Waals surface area (Å²) in [4.78, 5) is 21.7. The molecule has 2 saturated carbocycles. The number of nitrogens with one attached hydrogen (secondary N) is 1. The number of aromatic nitrogens is 2. The van der Waals surface area contributed by atoms with Crippen LogP contribution in [-0.4, -0.2) is 22.5 Å². The van der Waals surface area contributed by atoms with Crippen molar-refractivity contribution in [1.82, 2.24) is 15.3 Å². The molecule has 136 valence electrons. The van der Waals surface area contributed by atoms with Gasteiger partial charge in [-0.2, -0.15) is 0 Å². The second kappa shape index (κ2) is 6.71. The van der Waals surface area contributed by atoms with Gasteiger partial charge in [-0.15, -0.1) is 0 Å². The second-order valence-electron chi connectivity index (χ2n) is 7.91. The fourth-order valence-electron chi connectivity index (χ4n) is 3.02. The molecule has 0 saturated heterocycles. The van der Waals surface area contributed by atoms with Gasteiger partial charge in [0.15, 0.2) is 0 Å². The maximum absolute atomic E-state index is 12.8. The van der Waals surface area contributed by atoms with Crippen LogP contribution in [0.1, 0.15) is 67.2 Å². The van der Waals surface area contributed by atoms with Gasteiger partial charge in [-0.1, -0.05) is 12.1 Å². The van der Waals surface area contributed by atoms with E-state index in [2.05, 4.69) is 15.3 Å². The molecule has 2 fully saturated rings. The molecule has 26 heavy (non-hydrogen) atoms. The first kappa shape index (κ1) is 17.0. The minimum atomic E-state index is -0.579. The minimum absolute atomic E-state index is 0.209. The summed E-state index contributed by atoms with van der Waals surface area (Å²) >= 11 is 0. The SMILES string of the molecule is CC(C)(NC(=O)c1ccc(C2CC2)c(OCC2CC2)n1)c1ccccn1. The molecule has 2 aromatic heterocycles. The molecule has 0 atom stereocenters. The number of pyridine rings is 2. The maximum atomic E-state index is 12.8. The lowest BCUT2D eigenvalue weighted by atomic mass is 9.99. The van der Waals surface area contributed by atoms with Gasteiger partial charge < -0.3 is 10.1 Å². The molecule has 5 heteroatoms. The summed E-state index contributed by atoms with van der Waals surface area (Å²) in [6, 6.07) is 9.51. The minimum Gasteiger partial charge on any atom is -0.477 e. The van der Waals surface area contributed by atoms with Crippen molar-refractivity contribution in [2.75, 3.05) is 6.61 Å². The van der Waals surface area contributed by atoms with E-state index in [9.17, 15) is 4.79 Å². The molecule has 0 unspecified atom stereocenters. The normalized spacial score (nSPS) is 17.0. The molecular formula is C21H25N3O2. The number of hydrogen-bond acceptors (Lipinski definition) is 4. The molecular weight excluding hydrogens is 326 g/mol. The van der Waals surface area contributed by atoms with E-state index >= 15 is 0 Å². The fraction of sp³-hybridized carbons (Fsp3) is 0.476. The van der Waals surface area contributed by atoms with E-state index in [0.29, 0.717) is 30.0 Å². The van der Waals surface area contributed by atoms with Crippen LogP contribution in [0.2, 0.25) is 0 Å². The van der Waals surface area contributed by atoms with Gasteiger partial charge in [-0.05, 0) is 69.6 Å². The smallest absolute Gasteiger partial charge is 0.270 e. The average molecular weight is 351 g/mol. The highest BCUT2D eigenvalue weighted by Gasteiger charge is 2.31. The first-order valence-corrected chi connectivity index (χ1v) is 9.41. The van der Waals surface area contributed by atoms with Crippen molar-refractivity contribution >= 4 is 5.91 Å². The van der Waals surface area contributed by atoms with Gasteiger partial charge in [0.1, 0.15) is 5.69 Å². The molecule has 1 N–H and O–H groups in total. The Kier molecular flexibility index (Phi) is 4.39. The molecule has 2 heterocycles. The third-order valence-electron chi connectivity index (χ3n) is 5.02. The Hall–Kier alpha value is -2.43. The predicted octanol–water partition coefficient (Wildman–Crippen LogP) is 3.81. The van der Waals surface area contributed by atoms with Crippen molar-refractivity contribution in [1.29, 1.82) is 0 Å². The van der Waals surface area contributed by atoms with E-state index in [-0.39, 0.29) is 5.91 Å². The lowest BCUT2D eigenvalue weighted by molar-refractivity contribution is 0.0904. The molecule has 0 radical (unpaired) electrons. The first-order chi connectivity index (χ1) is 12.5. The molecule has 2 aliphatic carbocycles. The van der Waals surface area contributed by atoms with E-state index in [1.807, 2.05) is 44.2 Å². The van der Waals surface area contributed by atoms with Crippen LogP contribution in [0, 0.1) is 5.92 Å². The van der Waals surface area contributed by atoms with Gasteiger partial charge >= 0.3 is 0 Å². The van der Waals surface area contributed by atoms with Crippen LogP contribution in [0.25, 0.3) is 0 Å². The van der Waals surface area contributed by atoms with Crippen molar-refractivity contribution < 1.29 is 9.53 Å². The summed E-state index contributed by atoms with van der Waals surface area (Å²) in [5, 5.41) is 3.04. The number of rotatable bonds is 7. The van der Waals surface area contributed by atoms with E-state index < -0.39 is 5.54 Å². The van der Waals surface area contributed by atoms with E-state index in [4.69, 9.17) is 4.74 Å². The van der Waals surface area contributed by atoms with E-state index in [1.54, 1.807) is 6.20 Å². The molecule has 0 aromatic carbocycles. The summed E-state index contributed by atoms with van der Waals surface area (Å²) in [6.07, 6.45) is 6.56. The van der Waals surface area contributed by atoms with Crippen LogP contribution in [0.4, 0.5) is 0 Å². The van der Waals surface area contributed by atoms with Gasteiger partial charge in [0.05, 0.1) is 17.8 Å². The Morgan fingerprint density at radius 1 is 1.19 bits per heavy atom. The highest BCUT2D eigenvalue weighted by molar-refractivity contribution is 5.93. The van der Waals surface area contributed by atoms with Gasteiger partial charge in [-0.3, -0.25) is 9.78 Å². The molecule has 5 nitrogen and oxygen atoms in total. The predicted molar refractivity (Wildman–Crippen MR) is 99.2 cm³/mol. The Balaban J connectivity index is 1.52. The Morgan fingerprint density at radius 2 is 2.00 bits per heavy atom. The molecule has 4 rings (SSSR count). The van der Waals surface area contributed by atoms with Gasteiger partial charge in [-0.25, -0.2) is 4.98 Å². The Labute approximate surface area is 154 Å². The largest absolute Gasteiger partial charge is 0.477 e. The highest BCUT2D eigenvalue weighted by Crippen LogP contribution is 2.44. The first-order valence-electron chi connectivity index (χ1n) is 9.41. The fourth-order valence-corrected chi connectivity index (χ4v) is 3.02. The molecule has 0 spiro atoms. The van der Waals surface area contributed by atoms with Crippen LogP contribution in [0.5, 0.6) is 5.88 Å². The number of amides is 1. The van der Waals surface area contributed by atoms with Crippen LogP contribution >= 0.6 is 0 Å². The lowest BCUT2D eigenvalue weighted by Gasteiger charge is -2.25. The topological polar surface area (TPSA) is 64.1 Å². The van der Waals surface area contributed by atoms with Crippen LogP contribution < -0.4 is 10.1 Å². The number of carbonyl (C=O) groups excluding carboxylic acids is 1. The Bertz CT molecular complexity index is 796. The number of nitrogens with zero attached hydrogens (tertiary/aromatic N) is 2. The van der Waals surface area contributed by atoms with Crippen LogP contribution in [0.3, 0.4) is 0 Å². The molecule has 2 aliphatic rings. The zero-order valence-electron chi connectivity index (χ0n) is 15.4. The van der Waals surface area contributed by atoms with Gasteiger partial charge in [0.25, 0.3) is 5.91 Å². The number of carbonyl (C=O) groups is 1. The van der Waals surface area contributed by atoms with Crippen LogP contribution in [0.15, 0.2) is 36.5 Å². The summed E-state index contributed by atoms with van der Waals surface area (Å²) in [7, 11) is 0. The standard InChI is InChI=1S/C21H25N3O2/c1-21(2,18-5-3-4-12-22-18)24-19(25)17-11-10-16(15-8-9-15)20(23-17)26-13-14-6-7-14/h3-5,10-12,14-15H,6-9,13H2,1-2H3,(H,24,25). The van der Waals surface area contributed by atoms with Crippen molar-refractivity contribution in [3.8, 4) is 5.88 Å². The Morgan fingerprint density at radius 3 is 2.65 bits per heavy atom. The van der Waals surface area contributed by atoms with E-state index in [1.165, 1.54) is 25.7 Å². The monoisotopic (exact) mass is 351 g/mol. The van der Waals surface area contributed by atoms with Crippen molar-refractivity contribution in [2.45, 2.75) is 51.0 Å². The quantitative estimate of drug-likeness (QED) is 0.824. The van der Waals surface area contributed by atoms with Gasteiger partial charge in [0, 0.05) is 11.8 Å². The summed E-state index contributed by atoms with van der Waals surface area (Å²) in [5.41, 5.74) is 1.77. The van der Waals surface area contributed by atoms with Crippen molar-refractivity contribution in [3.63, 3.8) is 0 Å². The lowest BCUT2D eigenvalue weighted by Crippen LogP contribution is -2.42. The maximum Gasteiger partial charge on any atom is 0.270 e. The van der Waals surface area contributed by atoms with Crippen molar-refractivity contribution in [3.05, 3.63) is 53.5 Å². The zero-order valence-corrected chi connectivity index (χ0v) is 15.4. The summed E-state index contributed by atoms with van der Waals surface area (Å²) in [6.45, 7) is 4.59. The zero-order chi connectivity index (χ0) is 18.1. The molecule has 0 aliphatic heterocycles. The highest BCUT2D eigenvalue weighted by atomic mass is 16.5. The number of ether oxygens (including phenoxy) is 1. The van der Waals surface area contributed by atoms with E-state index in [0.717, 1.165) is 11.3 Å². The molecule has 2 aromatic rings. The number of hydrogen-bond donors (Lipinski definition) is 1. The molecule has 0 bridgehead atoms. The van der Waals surface area contributed by atoms with Gasteiger partial charge in [0.2, 0.25) is 5.88 Å². The second-order valence-corrected chi connectivity index (χ2v) is 7.91. The summed E-state index contributed by atoms with van der Waals surface area (Å²) in [5.74, 6) is 1.63. The van der Waals surface area contributed by atoms with Crippen LogP contribution in [-0.2, 0) is 5.54 Å². The third kappa shape index (κ3) is 3.87. The molecule has 1 amide bonds. The summed E-state index contributed by atoms with van der Waals surface area (Å²) < 4.78 is 5.96. The average Bonchev–Trinajstić information content (AvgIpc) is 3.54. The van der Waals surface area contributed by atoms with Crippen molar-refractivity contribution in [2.24, 2.45) is 5.92 Å².